The van der Waals surface area contributed by atoms with Crippen LogP contribution in [0.2, 0.25) is 0 Å². The first-order chi connectivity index (χ1) is 15.5. The van der Waals surface area contributed by atoms with Crippen molar-refractivity contribution >= 4 is 48.2 Å². The maximum atomic E-state index is 14.0. The third-order valence-corrected chi connectivity index (χ3v) is 7.48. The zero-order valence-electron chi connectivity index (χ0n) is 17.0. The summed E-state index contributed by atoms with van der Waals surface area (Å²) in [6.45, 7) is 1.27. The number of benzene rings is 2. The van der Waals surface area contributed by atoms with Crippen LogP contribution in [0.25, 0.3) is 31.8 Å². The SMILES string of the molecule is O=c1[nH]ccc2c3sc(N4CCC(O)(c5ccccn5)CC4)nc3c3ccc(F)cc3c12. The maximum absolute atomic E-state index is 14.0. The van der Waals surface area contributed by atoms with Crippen molar-refractivity contribution in [1.29, 1.82) is 0 Å². The van der Waals surface area contributed by atoms with Crippen LogP contribution in [0.3, 0.4) is 0 Å². The van der Waals surface area contributed by atoms with Crippen LogP contribution in [0.4, 0.5) is 9.52 Å². The van der Waals surface area contributed by atoms with Gasteiger partial charge in [0.2, 0.25) is 0 Å². The lowest BCUT2D eigenvalue weighted by molar-refractivity contribution is 0.00762. The highest BCUT2D eigenvalue weighted by Gasteiger charge is 2.36. The average molecular weight is 447 g/mol. The van der Waals surface area contributed by atoms with Gasteiger partial charge in [-0.25, -0.2) is 9.37 Å². The van der Waals surface area contributed by atoms with Gasteiger partial charge in [-0.1, -0.05) is 17.4 Å². The van der Waals surface area contributed by atoms with Gasteiger partial charge >= 0.3 is 0 Å². The minimum Gasteiger partial charge on any atom is -0.383 e. The summed E-state index contributed by atoms with van der Waals surface area (Å²) in [5, 5.41) is 14.5. The number of piperidine rings is 1. The van der Waals surface area contributed by atoms with Crippen molar-refractivity contribution < 1.29 is 9.50 Å². The van der Waals surface area contributed by atoms with E-state index >= 15 is 0 Å². The lowest BCUT2D eigenvalue weighted by Gasteiger charge is -2.37. The van der Waals surface area contributed by atoms with Gasteiger partial charge in [-0.05, 0) is 49.2 Å². The Kier molecular flexibility index (Phi) is 4.28. The molecular weight excluding hydrogens is 427 g/mol. The van der Waals surface area contributed by atoms with Crippen LogP contribution in [0, 0.1) is 5.82 Å². The van der Waals surface area contributed by atoms with E-state index in [0.29, 0.717) is 42.4 Å². The molecule has 0 bridgehead atoms. The van der Waals surface area contributed by atoms with Gasteiger partial charge in [0.05, 0.1) is 21.3 Å². The predicted octanol–water partition coefficient (Wildman–Crippen LogP) is 4.31. The number of aromatic amines is 1. The van der Waals surface area contributed by atoms with E-state index in [2.05, 4.69) is 14.9 Å². The molecule has 0 unspecified atom stereocenters. The number of nitrogens with zero attached hydrogens (tertiary/aromatic N) is 3. The third-order valence-electron chi connectivity index (χ3n) is 6.33. The minimum atomic E-state index is -0.946. The lowest BCUT2D eigenvalue weighted by atomic mass is 9.88. The zero-order chi connectivity index (χ0) is 21.9. The fourth-order valence-corrected chi connectivity index (χ4v) is 5.80. The Morgan fingerprint density at radius 1 is 1.09 bits per heavy atom. The molecular formula is C24H19FN4O2S. The molecule has 160 valence electrons. The van der Waals surface area contributed by atoms with Crippen LogP contribution in [0.5, 0.6) is 0 Å². The fraction of sp³-hybridized carbons (Fsp3) is 0.208. The summed E-state index contributed by atoms with van der Waals surface area (Å²) in [6.07, 6.45) is 4.41. The molecule has 1 aliphatic heterocycles. The van der Waals surface area contributed by atoms with E-state index in [4.69, 9.17) is 4.98 Å². The number of thiazole rings is 1. The van der Waals surface area contributed by atoms with Gasteiger partial charge < -0.3 is 15.0 Å². The van der Waals surface area contributed by atoms with E-state index in [1.54, 1.807) is 18.5 Å². The molecule has 0 atom stereocenters. The first-order valence-corrected chi connectivity index (χ1v) is 11.3. The van der Waals surface area contributed by atoms with E-state index in [0.717, 1.165) is 26.1 Å². The standard InChI is InChI=1S/C24H19FN4O2S/c25-14-4-5-15-17(13-14)19-16(6-10-27-22(19)30)21-20(15)28-23(32-21)29-11-7-24(31,8-12-29)18-3-1-2-9-26-18/h1-6,9-10,13,31H,7-8,11-12H2,(H,27,30). The zero-order valence-corrected chi connectivity index (χ0v) is 17.8. The summed E-state index contributed by atoms with van der Waals surface area (Å²) in [5.74, 6) is -0.387. The average Bonchev–Trinajstić information content (AvgIpc) is 3.26. The highest BCUT2D eigenvalue weighted by atomic mass is 32.1. The Balaban J connectivity index is 1.46. The second kappa shape index (κ2) is 7.08. The highest BCUT2D eigenvalue weighted by Crippen LogP contribution is 2.41. The minimum absolute atomic E-state index is 0.242. The molecule has 2 N–H and O–H groups in total. The monoisotopic (exact) mass is 446 g/mol. The van der Waals surface area contributed by atoms with E-state index in [1.807, 2.05) is 24.3 Å². The molecule has 32 heavy (non-hydrogen) atoms. The summed E-state index contributed by atoms with van der Waals surface area (Å²) >= 11 is 1.53. The molecule has 0 radical (unpaired) electrons. The Morgan fingerprint density at radius 2 is 1.94 bits per heavy atom. The van der Waals surface area contributed by atoms with Crippen molar-refractivity contribution in [2.24, 2.45) is 0 Å². The van der Waals surface area contributed by atoms with Gasteiger partial charge in [0.15, 0.2) is 5.13 Å². The van der Waals surface area contributed by atoms with Crippen LogP contribution in [0.1, 0.15) is 18.5 Å². The van der Waals surface area contributed by atoms with Gasteiger partial charge in [-0.2, -0.15) is 0 Å². The van der Waals surface area contributed by atoms with E-state index in [9.17, 15) is 14.3 Å². The quantitative estimate of drug-likeness (QED) is 0.395. The maximum Gasteiger partial charge on any atom is 0.256 e. The predicted molar refractivity (Wildman–Crippen MR) is 125 cm³/mol. The second-order valence-electron chi connectivity index (χ2n) is 8.19. The Bertz CT molecular complexity index is 1540. The number of nitrogens with one attached hydrogen (secondary N) is 1. The van der Waals surface area contributed by atoms with Crippen molar-refractivity contribution in [2.45, 2.75) is 18.4 Å². The first kappa shape index (κ1) is 19.3. The topological polar surface area (TPSA) is 82.1 Å². The number of hydrogen-bond acceptors (Lipinski definition) is 6. The molecule has 0 saturated carbocycles. The smallest absolute Gasteiger partial charge is 0.256 e. The Labute approximate surface area is 186 Å². The van der Waals surface area contributed by atoms with Crippen molar-refractivity contribution in [3.8, 4) is 0 Å². The third kappa shape index (κ3) is 2.91. The molecule has 2 aromatic carbocycles. The number of aromatic nitrogens is 3. The molecule has 8 heteroatoms. The van der Waals surface area contributed by atoms with Gasteiger partial charge in [0.1, 0.15) is 11.4 Å². The second-order valence-corrected chi connectivity index (χ2v) is 9.17. The number of anilines is 1. The molecule has 0 spiro atoms. The van der Waals surface area contributed by atoms with E-state index in [-0.39, 0.29) is 11.4 Å². The fourth-order valence-electron chi connectivity index (χ4n) is 4.64. The number of fused-ring (bicyclic) bond motifs is 6. The van der Waals surface area contributed by atoms with Crippen LogP contribution >= 0.6 is 11.3 Å². The normalized spacial score (nSPS) is 16.2. The first-order valence-electron chi connectivity index (χ1n) is 10.5. The molecule has 6 rings (SSSR count). The molecule has 1 fully saturated rings. The number of aliphatic hydroxyl groups is 1. The summed E-state index contributed by atoms with van der Waals surface area (Å²) in [5.41, 5.74) is 0.276. The summed E-state index contributed by atoms with van der Waals surface area (Å²) in [4.78, 5) is 26.7. The van der Waals surface area contributed by atoms with Crippen molar-refractivity contribution in [3.05, 3.63) is 76.7 Å². The number of hydrogen-bond donors (Lipinski definition) is 2. The van der Waals surface area contributed by atoms with Crippen LogP contribution in [-0.2, 0) is 5.60 Å². The molecule has 3 aromatic heterocycles. The summed E-state index contributed by atoms with van der Waals surface area (Å²) in [6, 6.07) is 11.9. The molecule has 0 aliphatic carbocycles. The van der Waals surface area contributed by atoms with E-state index < -0.39 is 5.60 Å². The summed E-state index contributed by atoms with van der Waals surface area (Å²) in [7, 11) is 0. The lowest BCUT2D eigenvalue weighted by Crippen LogP contribution is -2.43. The van der Waals surface area contributed by atoms with Crippen molar-refractivity contribution in [3.63, 3.8) is 0 Å². The van der Waals surface area contributed by atoms with Crippen molar-refractivity contribution in [2.75, 3.05) is 18.0 Å². The van der Waals surface area contributed by atoms with Gasteiger partial charge in [-0.3, -0.25) is 9.78 Å². The van der Waals surface area contributed by atoms with Gasteiger partial charge in [0.25, 0.3) is 5.56 Å². The van der Waals surface area contributed by atoms with Gasteiger partial charge in [0, 0.05) is 41.6 Å². The van der Waals surface area contributed by atoms with Crippen LogP contribution < -0.4 is 10.5 Å². The molecule has 0 amide bonds. The molecule has 6 nitrogen and oxygen atoms in total. The number of halogens is 1. The molecule has 1 saturated heterocycles. The molecule has 1 aliphatic rings. The van der Waals surface area contributed by atoms with Crippen LogP contribution in [0.15, 0.2) is 59.7 Å². The Morgan fingerprint density at radius 3 is 2.72 bits per heavy atom. The largest absolute Gasteiger partial charge is 0.383 e. The molecule has 5 aromatic rings. The Hall–Kier alpha value is -3.36. The number of rotatable bonds is 2. The number of H-pyrrole nitrogens is 1. The van der Waals surface area contributed by atoms with Gasteiger partial charge in [-0.15, -0.1) is 0 Å². The van der Waals surface area contributed by atoms with Crippen LogP contribution in [-0.4, -0.2) is 33.1 Å². The molecule has 4 heterocycles. The highest BCUT2D eigenvalue weighted by molar-refractivity contribution is 7.23. The van der Waals surface area contributed by atoms with E-state index in [1.165, 1.54) is 23.5 Å². The number of pyridine rings is 2. The van der Waals surface area contributed by atoms with Crippen molar-refractivity contribution in [1.82, 2.24) is 15.0 Å². The summed E-state index contributed by atoms with van der Waals surface area (Å²) < 4.78 is 14.9.